The summed E-state index contributed by atoms with van der Waals surface area (Å²) in [5, 5.41) is 10.8. The molecule has 1 aromatic carbocycles. The molecule has 6 atom stereocenters. The topological polar surface area (TPSA) is 107 Å². The van der Waals surface area contributed by atoms with Crippen molar-refractivity contribution in [1.29, 1.82) is 0 Å². The van der Waals surface area contributed by atoms with Crippen LogP contribution in [0.25, 0.3) is 6.08 Å². The first-order chi connectivity index (χ1) is 12.9. The third-order valence-electron chi connectivity index (χ3n) is 5.12. The molecule has 2 N–H and O–H groups in total. The molecule has 0 radical (unpaired) electrons. The van der Waals surface area contributed by atoms with Crippen LogP contribution in [0.5, 0.6) is 0 Å². The van der Waals surface area contributed by atoms with E-state index in [1.807, 2.05) is 30.3 Å². The molecule has 3 aliphatic rings. The number of fused-ring (bicyclic) bond motifs is 3. The minimum absolute atomic E-state index is 0.0959. The first-order valence-electron chi connectivity index (χ1n) is 8.49. The Bertz CT molecular complexity index is 788. The largest absolute Gasteiger partial charge is 0.472 e. The molecule has 2 bridgehead atoms. The molecule has 6 unspecified atom stereocenters. The SMILES string of the molecule is COCC12COC(C(N3C=Cc4ccccc4C3O)O1)C2OP(=O)(O)OC. The molecule has 148 valence electrons. The molecule has 0 spiro atoms. The van der Waals surface area contributed by atoms with E-state index in [1.54, 1.807) is 11.1 Å². The van der Waals surface area contributed by atoms with E-state index in [-0.39, 0.29) is 13.2 Å². The molecule has 0 aromatic heterocycles. The van der Waals surface area contributed by atoms with Crippen LogP contribution < -0.4 is 0 Å². The second-order valence-electron chi connectivity index (χ2n) is 6.72. The smallest absolute Gasteiger partial charge is 0.381 e. The molecule has 10 heteroatoms. The number of ether oxygens (including phenoxy) is 3. The average molecular weight is 399 g/mol. The number of phosphoric ester groups is 1. The van der Waals surface area contributed by atoms with Crippen molar-refractivity contribution < 1.29 is 37.8 Å². The van der Waals surface area contributed by atoms with Gasteiger partial charge in [-0.3, -0.25) is 9.05 Å². The van der Waals surface area contributed by atoms with Crippen molar-refractivity contribution >= 4 is 13.9 Å². The summed E-state index contributed by atoms with van der Waals surface area (Å²) in [5.74, 6) is 0. The summed E-state index contributed by atoms with van der Waals surface area (Å²) in [6, 6.07) is 7.47. The zero-order valence-electron chi connectivity index (χ0n) is 14.9. The Balaban J connectivity index is 1.63. The van der Waals surface area contributed by atoms with Crippen LogP contribution in [0.4, 0.5) is 0 Å². The van der Waals surface area contributed by atoms with Crippen LogP contribution in [0.15, 0.2) is 30.5 Å². The fourth-order valence-electron chi connectivity index (χ4n) is 3.85. The highest BCUT2D eigenvalue weighted by Gasteiger charge is 2.65. The van der Waals surface area contributed by atoms with E-state index in [4.69, 9.17) is 18.7 Å². The molecule has 3 aliphatic heterocycles. The molecule has 0 aliphatic carbocycles. The lowest BCUT2D eigenvalue weighted by atomic mass is 9.99. The number of rotatable bonds is 6. The Morgan fingerprint density at radius 2 is 2.15 bits per heavy atom. The molecule has 0 amide bonds. The normalized spacial score (nSPS) is 36.7. The predicted molar refractivity (Wildman–Crippen MR) is 93.2 cm³/mol. The zero-order valence-corrected chi connectivity index (χ0v) is 15.8. The van der Waals surface area contributed by atoms with E-state index < -0.39 is 38.1 Å². The van der Waals surface area contributed by atoms with Crippen molar-refractivity contribution in [1.82, 2.24) is 4.90 Å². The van der Waals surface area contributed by atoms with Gasteiger partial charge < -0.3 is 29.1 Å². The van der Waals surface area contributed by atoms with E-state index in [1.165, 1.54) is 7.11 Å². The van der Waals surface area contributed by atoms with Gasteiger partial charge in [-0.1, -0.05) is 24.3 Å². The van der Waals surface area contributed by atoms with Gasteiger partial charge in [-0.15, -0.1) is 0 Å². The lowest BCUT2D eigenvalue weighted by Gasteiger charge is -2.40. The quantitative estimate of drug-likeness (QED) is 0.683. The standard InChI is InChI=1S/C17H22NO8P/c1-22-9-17-10-24-13(14(17)26-27(20,21)23-2)16(25-17)18-8-7-11-5-3-4-6-12(11)15(18)19/h3-8,13-16,19H,9-10H2,1-2H3,(H,20,21). The number of phosphoric acid groups is 1. The van der Waals surface area contributed by atoms with Gasteiger partial charge in [0.15, 0.2) is 12.5 Å². The van der Waals surface area contributed by atoms with Gasteiger partial charge >= 0.3 is 7.82 Å². The third-order valence-corrected chi connectivity index (χ3v) is 6.07. The number of hydrogen-bond acceptors (Lipinski definition) is 8. The first-order valence-corrected chi connectivity index (χ1v) is 9.98. The lowest BCUT2D eigenvalue weighted by Crippen LogP contribution is -2.49. The summed E-state index contributed by atoms with van der Waals surface area (Å²) in [4.78, 5) is 11.4. The van der Waals surface area contributed by atoms with Crippen molar-refractivity contribution in [2.45, 2.75) is 30.3 Å². The van der Waals surface area contributed by atoms with Gasteiger partial charge in [0.1, 0.15) is 17.8 Å². The summed E-state index contributed by atoms with van der Waals surface area (Å²) in [6.45, 7) is 0.235. The van der Waals surface area contributed by atoms with E-state index >= 15 is 0 Å². The molecular weight excluding hydrogens is 377 g/mol. The van der Waals surface area contributed by atoms with Crippen molar-refractivity contribution in [2.24, 2.45) is 0 Å². The number of hydrogen-bond donors (Lipinski definition) is 2. The van der Waals surface area contributed by atoms with Crippen LogP contribution >= 0.6 is 7.82 Å². The highest BCUT2D eigenvalue weighted by atomic mass is 31.2. The van der Waals surface area contributed by atoms with E-state index in [0.717, 1.165) is 18.2 Å². The van der Waals surface area contributed by atoms with Gasteiger partial charge in [0.05, 0.1) is 13.2 Å². The van der Waals surface area contributed by atoms with Crippen LogP contribution in [0.3, 0.4) is 0 Å². The van der Waals surface area contributed by atoms with Crippen LogP contribution in [0.2, 0.25) is 0 Å². The van der Waals surface area contributed by atoms with Gasteiger partial charge in [-0.25, -0.2) is 4.57 Å². The zero-order chi connectivity index (χ0) is 19.2. The minimum atomic E-state index is -4.27. The van der Waals surface area contributed by atoms with E-state index in [9.17, 15) is 14.6 Å². The first kappa shape index (κ1) is 19.0. The summed E-state index contributed by atoms with van der Waals surface area (Å²) in [5.41, 5.74) is 0.559. The van der Waals surface area contributed by atoms with Crippen molar-refractivity contribution in [3.8, 4) is 0 Å². The van der Waals surface area contributed by atoms with Gasteiger partial charge in [0.25, 0.3) is 0 Å². The van der Waals surface area contributed by atoms with Gasteiger partial charge in [0, 0.05) is 26.0 Å². The lowest BCUT2D eigenvalue weighted by molar-refractivity contribution is -0.222. The number of nitrogens with zero attached hydrogens (tertiary/aromatic N) is 1. The van der Waals surface area contributed by atoms with Gasteiger partial charge in [0.2, 0.25) is 0 Å². The highest BCUT2D eigenvalue weighted by molar-refractivity contribution is 7.47. The van der Waals surface area contributed by atoms with Crippen LogP contribution in [-0.4, -0.2) is 66.4 Å². The number of benzene rings is 1. The van der Waals surface area contributed by atoms with E-state index in [0.29, 0.717) is 0 Å². The molecule has 3 heterocycles. The number of methoxy groups -OCH3 is 1. The Morgan fingerprint density at radius 3 is 2.89 bits per heavy atom. The summed E-state index contributed by atoms with van der Waals surface area (Å²) < 4.78 is 39.1. The molecule has 4 rings (SSSR count). The van der Waals surface area contributed by atoms with Crippen molar-refractivity contribution in [2.75, 3.05) is 27.4 Å². The Labute approximate surface area is 156 Å². The molecule has 1 aromatic rings. The summed E-state index contributed by atoms with van der Waals surface area (Å²) in [6.07, 6.45) is 0.297. The number of aliphatic hydroxyl groups is 1. The third kappa shape index (κ3) is 3.14. The monoisotopic (exact) mass is 399 g/mol. The Morgan fingerprint density at radius 1 is 1.37 bits per heavy atom. The predicted octanol–water partition coefficient (Wildman–Crippen LogP) is 1.24. The molecule has 2 fully saturated rings. The van der Waals surface area contributed by atoms with Gasteiger partial charge in [-0.05, 0) is 11.6 Å². The van der Waals surface area contributed by atoms with Crippen LogP contribution in [0, 0.1) is 0 Å². The van der Waals surface area contributed by atoms with Crippen LogP contribution in [-0.2, 0) is 27.8 Å². The molecule has 27 heavy (non-hydrogen) atoms. The average Bonchev–Trinajstić information content (AvgIpc) is 3.13. The number of aliphatic hydroxyl groups excluding tert-OH is 1. The molecule has 2 saturated heterocycles. The van der Waals surface area contributed by atoms with Crippen molar-refractivity contribution in [3.05, 3.63) is 41.6 Å². The minimum Gasteiger partial charge on any atom is -0.381 e. The van der Waals surface area contributed by atoms with Crippen LogP contribution in [0.1, 0.15) is 17.4 Å². The van der Waals surface area contributed by atoms with Crippen molar-refractivity contribution in [3.63, 3.8) is 0 Å². The second-order valence-corrected chi connectivity index (χ2v) is 8.24. The summed E-state index contributed by atoms with van der Waals surface area (Å²) >= 11 is 0. The maximum atomic E-state index is 12.0. The highest BCUT2D eigenvalue weighted by Crippen LogP contribution is 2.53. The summed E-state index contributed by atoms with van der Waals surface area (Å²) in [7, 11) is -1.69. The fraction of sp³-hybridized carbons (Fsp3) is 0.529. The molecule has 0 saturated carbocycles. The fourth-order valence-corrected chi connectivity index (χ4v) is 4.54. The van der Waals surface area contributed by atoms with Gasteiger partial charge in [-0.2, -0.15) is 0 Å². The van der Waals surface area contributed by atoms with E-state index in [2.05, 4.69) is 4.52 Å². The maximum Gasteiger partial charge on any atom is 0.472 e. The Hall–Kier alpha value is -1.29. The Kier molecular flexibility index (Phi) is 4.90. The second kappa shape index (κ2) is 6.95. The molecule has 9 nitrogen and oxygen atoms in total. The molecular formula is C17H22NO8P. The maximum absolute atomic E-state index is 12.0.